The van der Waals surface area contributed by atoms with Crippen molar-refractivity contribution < 1.29 is 14.3 Å². The van der Waals surface area contributed by atoms with Gasteiger partial charge in [0.15, 0.2) is 0 Å². The van der Waals surface area contributed by atoms with Crippen LogP contribution >= 0.6 is 0 Å². The van der Waals surface area contributed by atoms with E-state index in [-0.39, 0.29) is 17.9 Å². The number of carbonyl (C=O) groups excluding carboxylic acids is 2. The van der Waals surface area contributed by atoms with Gasteiger partial charge in [-0.3, -0.25) is 14.5 Å². The van der Waals surface area contributed by atoms with Crippen LogP contribution in [0.4, 0.5) is 5.69 Å². The van der Waals surface area contributed by atoms with Crippen molar-refractivity contribution >= 4 is 28.3 Å². The Morgan fingerprint density at radius 2 is 1.95 bits per heavy atom. The molecule has 0 unspecified atom stereocenters. The summed E-state index contributed by atoms with van der Waals surface area (Å²) >= 11 is 0. The average Bonchev–Trinajstić information content (AvgIpc) is 2.96. The monoisotopic (exact) mass is 512 g/mol. The fourth-order valence-corrected chi connectivity index (χ4v) is 4.54. The zero-order valence-electron chi connectivity index (χ0n) is 21.7. The minimum atomic E-state index is -0.212. The van der Waals surface area contributed by atoms with Crippen LogP contribution in [-0.4, -0.2) is 68.1 Å². The van der Waals surface area contributed by atoms with E-state index in [1.54, 1.807) is 20.2 Å². The van der Waals surface area contributed by atoms with Crippen molar-refractivity contribution in [3.05, 3.63) is 66.4 Å². The van der Waals surface area contributed by atoms with Gasteiger partial charge in [0.25, 0.3) is 5.91 Å². The Hall–Kier alpha value is -4.42. The average molecular weight is 513 g/mol. The number of carbonyl (C=O) groups is 2. The first kappa shape index (κ1) is 26.6. The second-order valence-corrected chi connectivity index (χ2v) is 9.25. The third-order valence-electron chi connectivity index (χ3n) is 6.69. The molecule has 3 N–H and O–H groups in total. The van der Waals surface area contributed by atoms with Crippen LogP contribution in [0.15, 0.2) is 60.7 Å². The van der Waals surface area contributed by atoms with Crippen LogP contribution in [0.1, 0.15) is 23.3 Å². The molecule has 0 radical (unpaired) electrons. The first-order chi connectivity index (χ1) is 18.4. The number of nitrogens with zero attached hydrogens (tertiary/aromatic N) is 3. The molecule has 1 aliphatic rings. The second-order valence-electron chi connectivity index (χ2n) is 9.25. The van der Waals surface area contributed by atoms with Gasteiger partial charge in [-0.25, -0.2) is 4.98 Å². The highest BCUT2D eigenvalue weighted by molar-refractivity contribution is 5.99. The van der Waals surface area contributed by atoms with Gasteiger partial charge in [-0.1, -0.05) is 30.8 Å². The molecular weight excluding hydrogens is 480 g/mol. The zero-order chi connectivity index (χ0) is 27.1. The minimum Gasteiger partial charge on any atom is -0.495 e. The smallest absolute Gasteiger partial charge is 0.270 e. The molecule has 9 nitrogen and oxygen atoms in total. The Morgan fingerprint density at radius 1 is 1.18 bits per heavy atom. The van der Waals surface area contributed by atoms with Crippen molar-refractivity contribution in [2.75, 3.05) is 45.7 Å². The fourth-order valence-electron chi connectivity index (χ4n) is 4.54. The van der Waals surface area contributed by atoms with E-state index in [2.05, 4.69) is 38.5 Å². The summed E-state index contributed by atoms with van der Waals surface area (Å²) in [5.41, 5.74) is 3.06. The van der Waals surface area contributed by atoms with Gasteiger partial charge in [-0.15, -0.1) is 0 Å². The second kappa shape index (κ2) is 12.2. The van der Waals surface area contributed by atoms with Crippen LogP contribution in [0.3, 0.4) is 0 Å². The van der Waals surface area contributed by atoms with E-state index in [1.807, 2.05) is 42.5 Å². The maximum atomic E-state index is 13.0. The van der Waals surface area contributed by atoms with Crippen molar-refractivity contribution in [3.8, 4) is 23.1 Å². The van der Waals surface area contributed by atoms with Crippen LogP contribution < -0.4 is 20.7 Å². The van der Waals surface area contributed by atoms with E-state index >= 15 is 0 Å². The van der Waals surface area contributed by atoms with Gasteiger partial charge in [-0.05, 0) is 42.5 Å². The molecule has 3 aromatic rings. The Morgan fingerprint density at radius 3 is 2.66 bits per heavy atom. The molecule has 1 fully saturated rings. The van der Waals surface area contributed by atoms with Crippen molar-refractivity contribution in [2.24, 2.45) is 0 Å². The SMILES string of the molecule is C=C(C#N)CNc1c(OC)ccc2ccc(-c3cccc(C(=O)NC4CCN(CC(=O)NC)CC4)n3)cc12. The van der Waals surface area contributed by atoms with Gasteiger partial charge in [0.05, 0.1) is 31.1 Å². The lowest BCUT2D eigenvalue weighted by Crippen LogP contribution is -2.47. The number of hydrogen-bond donors (Lipinski definition) is 3. The van der Waals surface area contributed by atoms with E-state index < -0.39 is 0 Å². The first-order valence-electron chi connectivity index (χ1n) is 12.6. The summed E-state index contributed by atoms with van der Waals surface area (Å²) < 4.78 is 5.55. The van der Waals surface area contributed by atoms with Crippen molar-refractivity contribution in [1.29, 1.82) is 5.26 Å². The van der Waals surface area contributed by atoms with E-state index in [9.17, 15) is 9.59 Å². The number of likely N-dealkylation sites (tertiary alicyclic amines) is 1. The molecule has 2 aromatic carbocycles. The maximum absolute atomic E-state index is 13.0. The van der Waals surface area contributed by atoms with Crippen LogP contribution in [0.5, 0.6) is 5.75 Å². The summed E-state index contributed by atoms with van der Waals surface area (Å²) in [6, 6.07) is 17.3. The molecule has 0 spiro atoms. The van der Waals surface area contributed by atoms with Crippen molar-refractivity contribution in [2.45, 2.75) is 18.9 Å². The molecule has 196 valence electrons. The molecule has 38 heavy (non-hydrogen) atoms. The van der Waals surface area contributed by atoms with E-state index in [1.165, 1.54) is 0 Å². The van der Waals surface area contributed by atoms with E-state index in [4.69, 9.17) is 10.00 Å². The summed E-state index contributed by atoms with van der Waals surface area (Å²) in [7, 11) is 3.24. The molecule has 0 atom stereocenters. The molecule has 0 saturated carbocycles. The number of anilines is 1. The summed E-state index contributed by atoms with van der Waals surface area (Å²) in [6.45, 7) is 5.93. The van der Waals surface area contributed by atoms with E-state index in [0.717, 1.165) is 48.0 Å². The number of piperidine rings is 1. The molecular formula is C29H32N6O3. The topological polar surface area (TPSA) is 119 Å². The normalized spacial score (nSPS) is 13.9. The minimum absolute atomic E-state index is 0.00356. The summed E-state index contributed by atoms with van der Waals surface area (Å²) in [5, 5.41) is 20.0. The molecule has 4 rings (SSSR count). The van der Waals surface area contributed by atoms with E-state index in [0.29, 0.717) is 35.8 Å². The predicted octanol–water partition coefficient (Wildman–Crippen LogP) is 3.34. The number of nitrogens with one attached hydrogen (secondary N) is 3. The van der Waals surface area contributed by atoms with Gasteiger partial charge < -0.3 is 20.7 Å². The Bertz CT molecular complexity index is 1390. The van der Waals surface area contributed by atoms with Crippen molar-refractivity contribution in [1.82, 2.24) is 20.5 Å². The van der Waals surface area contributed by atoms with Gasteiger partial charge in [0.2, 0.25) is 5.91 Å². The molecule has 2 amide bonds. The van der Waals surface area contributed by atoms with Crippen LogP contribution in [0.25, 0.3) is 22.0 Å². The molecule has 1 saturated heterocycles. The number of methoxy groups -OCH3 is 1. The Balaban J connectivity index is 1.51. The first-order valence-corrected chi connectivity index (χ1v) is 12.6. The number of benzene rings is 2. The van der Waals surface area contributed by atoms with Gasteiger partial charge in [0.1, 0.15) is 11.4 Å². The third-order valence-corrected chi connectivity index (χ3v) is 6.69. The summed E-state index contributed by atoms with van der Waals surface area (Å²) in [4.78, 5) is 31.4. The quantitative estimate of drug-likeness (QED) is 0.376. The Kier molecular flexibility index (Phi) is 8.56. The third kappa shape index (κ3) is 6.28. The molecule has 1 aliphatic heterocycles. The molecule has 0 bridgehead atoms. The lowest BCUT2D eigenvalue weighted by molar-refractivity contribution is -0.122. The van der Waals surface area contributed by atoms with Crippen LogP contribution in [0.2, 0.25) is 0 Å². The highest BCUT2D eigenvalue weighted by Crippen LogP contribution is 2.35. The van der Waals surface area contributed by atoms with Crippen LogP contribution in [0, 0.1) is 11.3 Å². The number of pyridine rings is 1. The van der Waals surface area contributed by atoms with Crippen LogP contribution in [-0.2, 0) is 4.79 Å². The highest BCUT2D eigenvalue weighted by Gasteiger charge is 2.23. The molecule has 2 heterocycles. The number of likely N-dealkylation sites (N-methyl/N-ethyl adjacent to an activating group) is 1. The molecule has 1 aromatic heterocycles. The number of aromatic nitrogens is 1. The highest BCUT2D eigenvalue weighted by atomic mass is 16.5. The summed E-state index contributed by atoms with van der Waals surface area (Å²) in [5.74, 6) is 0.440. The van der Waals surface area contributed by atoms with Gasteiger partial charge >= 0.3 is 0 Å². The number of ether oxygens (including phenoxy) is 1. The lowest BCUT2D eigenvalue weighted by atomic mass is 10.0. The van der Waals surface area contributed by atoms with Crippen molar-refractivity contribution in [3.63, 3.8) is 0 Å². The largest absolute Gasteiger partial charge is 0.495 e. The van der Waals surface area contributed by atoms with Gasteiger partial charge in [-0.2, -0.15) is 5.26 Å². The molecule has 0 aliphatic carbocycles. The predicted molar refractivity (Wildman–Crippen MR) is 148 cm³/mol. The number of rotatable bonds is 9. The lowest BCUT2D eigenvalue weighted by Gasteiger charge is -2.31. The number of nitriles is 1. The number of fused-ring (bicyclic) bond motifs is 1. The number of amides is 2. The standard InChI is InChI=1S/C29H32N6O3/c1-19(16-30)17-32-28-23-15-21(8-7-20(23)9-10-26(28)38-3)24-5-4-6-25(34-24)29(37)33-22-11-13-35(14-12-22)18-27(36)31-2/h4-10,15,22,32H,1,11-14,17-18H2,2-3H3,(H,31,36)(H,33,37). The molecule has 9 heteroatoms. The number of hydrogen-bond acceptors (Lipinski definition) is 7. The summed E-state index contributed by atoms with van der Waals surface area (Å²) in [6.07, 6.45) is 1.56. The Labute approximate surface area is 222 Å². The fraction of sp³-hybridized carbons (Fsp3) is 0.310. The maximum Gasteiger partial charge on any atom is 0.270 e. The zero-order valence-corrected chi connectivity index (χ0v) is 21.7. The van der Waals surface area contributed by atoms with Gasteiger partial charge in [0, 0.05) is 49.2 Å².